The third-order valence-corrected chi connectivity index (χ3v) is 1.78. The van der Waals surface area contributed by atoms with E-state index in [-0.39, 0.29) is 17.9 Å². The minimum atomic E-state index is -0.219. The van der Waals surface area contributed by atoms with Gasteiger partial charge in [-0.05, 0) is 5.92 Å². The quantitative estimate of drug-likeness (QED) is 0.438. The first kappa shape index (κ1) is 7.95. The Morgan fingerprint density at radius 3 is 2.60 bits per heavy atom. The average Bonchev–Trinajstić information content (AvgIpc) is 2.11. The third kappa shape index (κ3) is 1.30. The Kier molecular flexibility index (Phi) is 2.26. The maximum atomic E-state index is 10.9. The van der Waals surface area contributed by atoms with E-state index in [0.29, 0.717) is 0 Å². The lowest BCUT2D eigenvalue weighted by atomic mass is 10.0. The van der Waals surface area contributed by atoms with E-state index in [1.807, 2.05) is 13.8 Å². The summed E-state index contributed by atoms with van der Waals surface area (Å²) in [4.78, 5) is 10.9. The number of thiol groups is 1. The Morgan fingerprint density at radius 1 is 1.80 bits per heavy atom. The molecule has 5 heteroatoms. The van der Waals surface area contributed by atoms with E-state index in [1.54, 1.807) is 0 Å². The molecule has 1 heterocycles. The zero-order valence-corrected chi connectivity index (χ0v) is 6.84. The van der Waals surface area contributed by atoms with Crippen molar-refractivity contribution >= 4 is 26.4 Å². The lowest BCUT2D eigenvalue weighted by Gasteiger charge is -2.16. The lowest BCUT2D eigenvalue weighted by molar-refractivity contribution is -0.135. The SMILES string of the molecule is CC(C)C1C(=O)O[B]N1S. The summed E-state index contributed by atoms with van der Waals surface area (Å²) in [7, 11) is 1.33. The van der Waals surface area contributed by atoms with E-state index in [0.717, 1.165) is 0 Å². The molecular weight excluding hydrogens is 149 g/mol. The van der Waals surface area contributed by atoms with Crippen LogP contribution in [0.4, 0.5) is 0 Å². The smallest absolute Gasteiger partial charge is 0.494 e. The van der Waals surface area contributed by atoms with Crippen molar-refractivity contribution in [2.45, 2.75) is 19.9 Å². The van der Waals surface area contributed by atoms with Gasteiger partial charge in [0.1, 0.15) is 6.04 Å². The average molecular weight is 158 g/mol. The summed E-state index contributed by atoms with van der Waals surface area (Å²) in [6, 6.07) is -0.219. The largest absolute Gasteiger partial charge is 0.520 e. The summed E-state index contributed by atoms with van der Waals surface area (Å²) in [5, 5.41) is 0. The molecular formula is C5H9BNO2S. The standard InChI is InChI=1S/C5H9BNO2S/c1-3(2)4-5(8)9-6-7(4)10/h3-4,10H,1-2H3. The normalized spacial score (nSPS) is 26.8. The monoisotopic (exact) mass is 158 g/mol. The van der Waals surface area contributed by atoms with Gasteiger partial charge in [-0.3, -0.25) is 4.79 Å². The molecule has 0 N–H and O–H groups in total. The Bertz CT molecular complexity index is 153. The summed E-state index contributed by atoms with van der Waals surface area (Å²) in [6.07, 6.45) is 0. The van der Waals surface area contributed by atoms with E-state index in [1.165, 1.54) is 11.8 Å². The molecule has 1 atom stereocenters. The van der Waals surface area contributed by atoms with E-state index in [9.17, 15) is 4.79 Å². The highest BCUT2D eigenvalue weighted by molar-refractivity contribution is 7.78. The molecule has 55 valence electrons. The van der Waals surface area contributed by atoms with Crippen molar-refractivity contribution in [1.82, 2.24) is 4.22 Å². The van der Waals surface area contributed by atoms with Crippen molar-refractivity contribution in [1.29, 1.82) is 0 Å². The fourth-order valence-electron chi connectivity index (χ4n) is 0.927. The minimum Gasteiger partial charge on any atom is -0.520 e. The second kappa shape index (κ2) is 2.84. The van der Waals surface area contributed by atoms with Crippen molar-refractivity contribution in [3.8, 4) is 0 Å². The zero-order chi connectivity index (χ0) is 7.72. The number of hydrogen-bond acceptors (Lipinski definition) is 4. The summed E-state index contributed by atoms with van der Waals surface area (Å²) in [6.45, 7) is 3.91. The van der Waals surface area contributed by atoms with Gasteiger partial charge in [0.15, 0.2) is 0 Å². The first-order chi connectivity index (χ1) is 4.63. The second-order valence-corrected chi connectivity index (χ2v) is 3.07. The van der Waals surface area contributed by atoms with Crippen LogP contribution in [0, 0.1) is 5.92 Å². The molecule has 1 unspecified atom stereocenters. The van der Waals surface area contributed by atoms with E-state index >= 15 is 0 Å². The molecule has 1 fully saturated rings. The molecule has 0 saturated carbocycles. The van der Waals surface area contributed by atoms with Gasteiger partial charge in [-0.2, -0.15) is 0 Å². The fourth-order valence-corrected chi connectivity index (χ4v) is 1.33. The molecule has 0 bridgehead atoms. The molecule has 0 amide bonds. The highest BCUT2D eigenvalue weighted by Gasteiger charge is 2.36. The van der Waals surface area contributed by atoms with Gasteiger partial charge in [-0.25, -0.2) is 4.22 Å². The molecule has 1 rings (SSSR count). The number of carbonyl (C=O) groups excluding carboxylic acids is 1. The maximum absolute atomic E-state index is 10.9. The van der Waals surface area contributed by atoms with Crippen LogP contribution in [-0.2, 0) is 9.45 Å². The molecule has 3 nitrogen and oxygen atoms in total. The summed E-state index contributed by atoms with van der Waals surface area (Å²) < 4.78 is 6.12. The maximum Gasteiger partial charge on any atom is 0.494 e. The van der Waals surface area contributed by atoms with Crippen LogP contribution in [-0.4, -0.2) is 23.8 Å². The molecule has 10 heavy (non-hydrogen) atoms. The van der Waals surface area contributed by atoms with Gasteiger partial charge >= 0.3 is 13.6 Å². The Labute approximate surface area is 66.6 Å². The predicted molar refractivity (Wildman–Crippen MR) is 41.3 cm³/mol. The predicted octanol–water partition coefficient (Wildman–Crippen LogP) is 0.249. The van der Waals surface area contributed by atoms with Crippen LogP contribution in [0.1, 0.15) is 13.8 Å². The van der Waals surface area contributed by atoms with Gasteiger partial charge in [0.2, 0.25) is 0 Å². The molecule has 1 aliphatic heterocycles. The van der Waals surface area contributed by atoms with Crippen LogP contribution in [0.15, 0.2) is 0 Å². The summed E-state index contributed by atoms with van der Waals surface area (Å²) in [5.74, 6) is 0.0220. The van der Waals surface area contributed by atoms with Gasteiger partial charge in [-0.15, -0.1) is 12.8 Å². The minimum absolute atomic E-state index is 0.218. The molecule has 0 spiro atoms. The van der Waals surface area contributed by atoms with Crippen molar-refractivity contribution in [3.63, 3.8) is 0 Å². The van der Waals surface area contributed by atoms with Gasteiger partial charge in [-0.1, -0.05) is 13.8 Å². The number of rotatable bonds is 1. The highest BCUT2D eigenvalue weighted by Crippen LogP contribution is 2.18. The molecule has 1 radical (unpaired) electrons. The topological polar surface area (TPSA) is 29.5 Å². The first-order valence-corrected chi connectivity index (χ1v) is 3.54. The number of nitrogens with zero attached hydrogens (tertiary/aromatic N) is 1. The highest BCUT2D eigenvalue weighted by atomic mass is 32.1. The van der Waals surface area contributed by atoms with Crippen LogP contribution >= 0.6 is 12.8 Å². The second-order valence-electron chi connectivity index (χ2n) is 2.61. The third-order valence-electron chi connectivity index (χ3n) is 1.43. The lowest BCUT2D eigenvalue weighted by Crippen LogP contribution is -2.31. The van der Waals surface area contributed by atoms with Crippen LogP contribution in [0.5, 0.6) is 0 Å². The Hall–Kier alpha value is -0.155. The van der Waals surface area contributed by atoms with Gasteiger partial charge in [0.05, 0.1) is 0 Å². The van der Waals surface area contributed by atoms with Crippen molar-refractivity contribution in [2.75, 3.05) is 0 Å². The van der Waals surface area contributed by atoms with E-state index in [4.69, 9.17) is 0 Å². The van der Waals surface area contributed by atoms with Crippen LogP contribution in [0.2, 0.25) is 0 Å². The summed E-state index contributed by atoms with van der Waals surface area (Å²) in [5.41, 5.74) is 0. The molecule has 1 saturated heterocycles. The number of carbonyl (C=O) groups is 1. The molecule has 0 aromatic heterocycles. The van der Waals surface area contributed by atoms with Crippen molar-refractivity contribution in [2.24, 2.45) is 5.92 Å². The van der Waals surface area contributed by atoms with Gasteiger partial charge in [0.25, 0.3) is 0 Å². The first-order valence-electron chi connectivity index (χ1n) is 3.14. The van der Waals surface area contributed by atoms with Crippen molar-refractivity contribution in [3.05, 3.63) is 0 Å². The molecule has 0 aromatic carbocycles. The van der Waals surface area contributed by atoms with Gasteiger partial charge in [0, 0.05) is 0 Å². The Morgan fingerprint density at radius 2 is 2.40 bits per heavy atom. The van der Waals surface area contributed by atoms with E-state index < -0.39 is 0 Å². The van der Waals surface area contributed by atoms with Crippen LogP contribution in [0.3, 0.4) is 0 Å². The fraction of sp³-hybridized carbons (Fsp3) is 0.800. The van der Waals surface area contributed by atoms with Crippen LogP contribution in [0.25, 0.3) is 0 Å². The molecule has 0 aliphatic carbocycles. The van der Waals surface area contributed by atoms with E-state index in [2.05, 4.69) is 17.5 Å². The van der Waals surface area contributed by atoms with Gasteiger partial charge < -0.3 is 4.65 Å². The molecule has 0 aromatic rings. The molecule has 1 aliphatic rings. The van der Waals surface area contributed by atoms with Crippen molar-refractivity contribution < 1.29 is 9.45 Å². The van der Waals surface area contributed by atoms with Crippen LogP contribution < -0.4 is 0 Å². The number of hydrogen-bond donors (Lipinski definition) is 1. The summed E-state index contributed by atoms with van der Waals surface area (Å²) >= 11 is 4.02. The Balaban J connectivity index is 2.63. The zero-order valence-electron chi connectivity index (χ0n) is 5.94.